The number of aliphatic hydroxyl groups is 1. The third kappa shape index (κ3) is 1.96. The molecule has 3 heteroatoms. The van der Waals surface area contributed by atoms with Gasteiger partial charge in [0.05, 0.1) is 0 Å². The van der Waals surface area contributed by atoms with Crippen LogP contribution in [0.4, 0.5) is 0 Å². The van der Waals surface area contributed by atoms with E-state index in [1.54, 1.807) is 26.4 Å². The van der Waals surface area contributed by atoms with E-state index in [4.69, 9.17) is 0 Å². The molecule has 0 saturated heterocycles. The molecule has 0 aromatic rings. The molecule has 1 aliphatic rings. The van der Waals surface area contributed by atoms with E-state index in [0.29, 0.717) is 0 Å². The Labute approximate surface area is 72.5 Å². The molecule has 1 atom stereocenters. The summed E-state index contributed by atoms with van der Waals surface area (Å²) in [5.74, 6) is 0. The van der Waals surface area contributed by atoms with Crippen LogP contribution in [0, 0.1) is 0 Å². The monoisotopic (exact) mass is 166 g/mol. The highest BCUT2D eigenvalue weighted by Crippen LogP contribution is 2.14. The Morgan fingerprint density at radius 2 is 2.25 bits per heavy atom. The Hall–Kier alpha value is -1.06. The fourth-order valence-electron chi connectivity index (χ4n) is 0.903. The molecule has 1 aliphatic heterocycles. The molecule has 3 N–H and O–H groups in total. The second-order valence-corrected chi connectivity index (χ2v) is 2.81. The second-order valence-electron chi connectivity index (χ2n) is 2.81. The summed E-state index contributed by atoms with van der Waals surface area (Å²) in [4.78, 5) is 0. The van der Waals surface area contributed by atoms with E-state index in [1.807, 2.05) is 18.2 Å². The molecule has 0 bridgehead atoms. The molecule has 66 valence electrons. The topological polar surface area (TPSA) is 44.3 Å². The van der Waals surface area contributed by atoms with Gasteiger partial charge in [-0.1, -0.05) is 12.2 Å². The van der Waals surface area contributed by atoms with Crippen molar-refractivity contribution in [2.45, 2.75) is 12.6 Å². The molecule has 1 rings (SSSR count). The van der Waals surface area contributed by atoms with Crippen LogP contribution in [0.1, 0.15) is 6.92 Å². The Morgan fingerprint density at radius 3 is 2.92 bits per heavy atom. The molecule has 12 heavy (non-hydrogen) atoms. The van der Waals surface area contributed by atoms with Crippen molar-refractivity contribution in [3.63, 3.8) is 0 Å². The number of hydrogen-bond donors (Lipinski definition) is 3. The van der Waals surface area contributed by atoms with Crippen molar-refractivity contribution in [2.75, 3.05) is 7.05 Å². The van der Waals surface area contributed by atoms with Crippen LogP contribution in [0.2, 0.25) is 0 Å². The molecular weight excluding hydrogens is 152 g/mol. The van der Waals surface area contributed by atoms with Gasteiger partial charge in [0.25, 0.3) is 0 Å². The first kappa shape index (κ1) is 9.03. The first-order chi connectivity index (χ1) is 5.67. The predicted octanol–water partition coefficient (Wildman–Crippen LogP) is 0.471. The van der Waals surface area contributed by atoms with E-state index in [0.717, 1.165) is 5.57 Å². The van der Waals surface area contributed by atoms with E-state index in [-0.39, 0.29) is 0 Å². The van der Waals surface area contributed by atoms with Gasteiger partial charge in [-0.3, -0.25) is 5.32 Å². The zero-order valence-electron chi connectivity index (χ0n) is 7.33. The average Bonchev–Trinajstić information content (AvgIpc) is 2.32. The standard InChI is InChI=1S/C9H14N2O/c1-9(12,10-2)8-5-3-4-6-11-7-8/h3-7,10-12H,1-2H3. The summed E-state index contributed by atoms with van der Waals surface area (Å²) >= 11 is 0. The summed E-state index contributed by atoms with van der Waals surface area (Å²) in [6.45, 7) is 1.70. The maximum atomic E-state index is 9.77. The van der Waals surface area contributed by atoms with Gasteiger partial charge in [0, 0.05) is 18.0 Å². The number of nitrogens with one attached hydrogen (secondary N) is 2. The number of allylic oxidation sites excluding steroid dienone is 2. The fourth-order valence-corrected chi connectivity index (χ4v) is 0.903. The molecule has 0 aliphatic carbocycles. The molecule has 0 aromatic carbocycles. The van der Waals surface area contributed by atoms with Crippen molar-refractivity contribution in [1.29, 1.82) is 0 Å². The van der Waals surface area contributed by atoms with E-state index < -0.39 is 5.72 Å². The Morgan fingerprint density at radius 1 is 1.50 bits per heavy atom. The fraction of sp³-hybridized carbons (Fsp3) is 0.333. The summed E-state index contributed by atoms with van der Waals surface area (Å²) in [7, 11) is 1.72. The van der Waals surface area contributed by atoms with Crippen molar-refractivity contribution in [3.8, 4) is 0 Å². The van der Waals surface area contributed by atoms with E-state index in [9.17, 15) is 5.11 Å². The first-order valence-electron chi connectivity index (χ1n) is 3.88. The zero-order valence-corrected chi connectivity index (χ0v) is 7.33. The van der Waals surface area contributed by atoms with E-state index in [1.165, 1.54) is 0 Å². The summed E-state index contributed by atoms with van der Waals surface area (Å²) in [5, 5.41) is 15.5. The van der Waals surface area contributed by atoms with E-state index in [2.05, 4.69) is 10.6 Å². The minimum absolute atomic E-state index is 0.801. The smallest absolute Gasteiger partial charge is 0.140 e. The highest BCUT2D eigenvalue weighted by molar-refractivity contribution is 5.31. The largest absolute Gasteiger partial charge is 0.372 e. The lowest BCUT2D eigenvalue weighted by molar-refractivity contribution is 0.0736. The second kappa shape index (κ2) is 3.56. The van der Waals surface area contributed by atoms with Crippen molar-refractivity contribution < 1.29 is 5.11 Å². The van der Waals surface area contributed by atoms with Crippen LogP contribution >= 0.6 is 0 Å². The molecule has 0 radical (unpaired) electrons. The highest BCUT2D eigenvalue weighted by atomic mass is 16.3. The number of likely N-dealkylation sites (N-methyl/N-ethyl adjacent to an activating group) is 1. The maximum absolute atomic E-state index is 9.77. The summed E-state index contributed by atoms with van der Waals surface area (Å²) < 4.78 is 0. The third-order valence-corrected chi connectivity index (χ3v) is 1.87. The van der Waals surface area contributed by atoms with Crippen LogP contribution in [-0.2, 0) is 0 Å². The summed E-state index contributed by atoms with van der Waals surface area (Å²) in [5.41, 5.74) is -0.176. The quantitative estimate of drug-likeness (QED) is 0.522. The molecule has 3 nitrogen and oxygen atoms in total. The normalized spacial score (nSPS) is 20.8. The molecule has 1 unspecified atom stereocenters. The predicted molar refractivity (Wildman–Crippen MR) is 49.2 cm³/mol. The van der Waals surface area contributed by atoms with Crippen molar-refractivity contribution in [2.24, 2.45) is 0 Å². The average molecular weight is 166 g/mol. The summed E-state index contributed by atoms with van der Waals surface area (Å²) in [6, 6.07) is 0. The Balaban J connectivity index is 2.81. The van der Waals surface area contributed by atoms with Crippen molar-refractivity contribution in [3.05, 3.63) is 36.2 Å². The van der Waals surface area contributed by atoms with Gasteiger partial charge in [-0.05, 0) is 20.0 Å². The van der Waals surface area contributed by atoms with Gasteiger partial charge < -0.3 is 10.4 Å². The lowest BCUT2D eigenvalue weighted by atomic mass is 10.1. The molecular formula is C9H14N2O. The molecule has 0 fully saturated rings. The molecule has 0 aromatic heterocycles. The maximum Gasteiger partial charge on any atom is 0.140 e. The highest BCUT2D eigenvalue weighted by Gasteiger charge is 2.20. The lowest BCUT2D eigenvalue weighted by Crippen LogP contribution is -2.41. The molecule has 0 saturated carbocycles. The van der Waals surface area contributed by atoms with Crippen molar-refractivity contribution in [1.82, 2.24) is 10.6 Å². The van der Waals surface area contributed by atoms with Crippen molar-refractivity contribution >= 4 is 0 Å². The van der Waals surface area contributed by atoms with Gasteiger partial charge >= 0.3 is 0 Å². The Kier molecular flexibility index (Phi) is 2.68. The zero-order chi connectivity index (χ0) is 9.03. The summed E-state index contributed by atoms with van der Waals surface area (Å²) in [6.07, 6.45) is 9.16. The lowest BCUT2D eigenvalue weighted by Gasteiger charge is -2.23. The van der Waals surface area contributed by atoms with Gasteiger partial charge in [-0.2, -0.15) is 0 Å². The third-order valence-electron chi connectivity index (χ3n) is 1.87. The van der Waals surface area contributed by atoms with Crippen LogP contribution in [0.25, 0.3) is 0 Å². The molecule has 0 amide bonds. The van der Waals surface area contributed by atoms with Gasteiger partial charge in [0.15, 0.2) is 0 Å². The minimum Gasteiger partial charge on any atom is -0.372 e. The van der Waals surface area contributed by atoms with Gasteiger partial charge in [-0.15, -0.1) is 0 Å². The van der Waals surface area contributed by atoms with E-state index >= 15 is 0 Å². The minimum atomic E-state index is -0.977. The van der Waals surface area contributed by atoms with Gasteiger partial charge in [-0.25, -0.2) is 0 Å². The van der Waals surface area contributed by atoms with Crippen LogP contribution in [0.3, 0.4) is 0 Å². The molecule has 1 heterocycles. The number of rotatable bonds is 2. The van der Waals surface area contributed by atoms with Crippen LogP contribution in [0.5, 0.6) is 0 Å². The van der Waals surface area contributed by atoms with Gasteiger partial charge in [0.1, 0.15) is 5.72 Å². The molecule has 0 spiro atoms. The van der Waals surface area contributed by atoms with Crippen LogP contribution in [-0.4, -0.2) is 17.9 Å². The Bertz CT molecular complexity index is 239. The number of hydrogen-bond acceptors (Lipinski definition) is 3. The SMILES string of the molecule is CNC(C)(O)C1=CNC=CC=C1. The van der Waals surface area contributed by atoms with Gasteiger partial charge in [0.2, 0.25) is 0 Å². The van der Waals surface area contributed by atoms with Crippen LogP contribution in [0.15, 0.2) is 36.2 Å². The van der Waals surface area contributed by atoms with Crippen LogP contribution < -0.4 is 10.6 Å². The first-order valence-corrected chi connectivity index (χ1v) is 3.88.